The molecule has 1 atom stereocenters. The van der Waals surface area contributed by atoms with Gasteiger partial charge in [-0.1, -0.05) is 53.2 Å². The molecular formula is C30H26ClN3O2S. The molecule has 1 aromatic heterocycles. The lowest BCUT2D eigenvalue weighted by atomic mass is 10.0. The predicted octanol–water partition coefficient (Wildman–Crippen LogP) is 6.53. The summed E-state index contributed by atoms with van der Waals surface area (Å²) < 4.78 is 0. The summed E-state index contributed by atoms with van der Waals surface area (Å²) in [6, 6.07) is 22.0. The molecule has 1 saturated heterocycles. The van der Waals surface area contributed by atoms with Crippen LogP contribution in [0.25, 0.3) is 10.9 Å². The Hall–Kier alpha value is -3.19. The highest BCUT2D eigenvalue weighted by molar-refractivity contribution is 7.99. The number of halogens is 1. The summed E-state index contributed by atoms with van der Waals surface area (Å²) in [4.78, 5) is 38.0. The fourth-order valence-electron chi connectivity index (χ4n) is 5.42. The van der Waals surface area contributed by atoms with E-state index in [-0.39, 0.29) is 17.9 Å². The molecule has 186 valence electrons. The minimum Gasteiger partial charge on any atom is -0.297 e. The fraction of sp³-hybridized carbons (Fsp3) is 0.233. The van der Waals surface area contributed by atoms with Crippen molar-refractivity contribution >= 4 is 46.1 Å². The van der Waals surface area contributed by atoms with Crippen molar-refractivity contribution in [2.24, 2.45) is 0 Å². The standard InChI is InChI=1S/C30H26ClN3O2S/c1-18-7-12-25-24(15-18)28-27(19(2)32-25)29(35)34(30(28)36)22-13-14-33(17-22)16-20-5-3-4-6-26(20)37-23-10-8-21(31)9-11-23/h3-12,15,22H,13-14,16-17H2,1-2H3. The van der Waals surface area contributed by atoms with Crippen molar-refractivity contribution in [3.63, 3.8) is 0 Å². The number of amides is 2. The van der Waals surface area contributed by atoms with Gasteiger partial charge < -0.3 is 0 Å². The first-order valence-corrected chi connectivity index (χ1v) is 13.6. The van der Waals surface area contributed by atoms with Crippen molar-refractivity contribution < 1.29 is 9.59 Å². The highest BCUT2D eigenvalue weighted by atomic mass is 35.5. The van der Waals surface area contributed by atoms with Crippen LogP contribution < -0.4 is 0 Å². The molecule has 6 rings (SSSR count). The molecule has 5 nitrogen and oxygen atoms in total. The van der Waals surface area contributed by atoms with Crippen LogP contribution in [0.15, 0.2) is 76.5 Å². The molecule has 0 N–H and O–H groups in total. The Kier molecular flexibility index (Phi) is 6.27. The molecule has 37 heavy (non-hydrogen) atoms. The fourth-order valence-corrected chi connectivity index (χ4v) is 6.48. The first kappa shape index (κ1) is 24.2. The van der Waals surface area contributed by atoms with E-state index in [1.54, 1.807) is 11.8 Å². The van der Waals surface area contributed by atoms with Crippen LogP contribution in [0, 0.1) is 13.8 Å². The quantitative estimate of drug-likeness (QED) is 0.276. The van der Waals surface area contributed by atoms with Gasteiger partial charge in [-0.3, -0.25) is 24.4 Å². The summed E-state index contributed by atoms with van der Waals surface area (Å²) in [6.45, 7) is 6.06. The van der Waals surface area contributed by atoms with E-state index in [1.165, 1.54) is 15.4 Å². The van der Waals surface area contributed by atoms with E-state index in [0.29, 0.717) is 23.4 Å². The van der Waals surface area contributed by atoms with Crippen LogP contribution in [0.5, 0.6) is 0 Å². The van der Waals surface area contributed by atoms with Crippen molar-refractivity contribution in [2.45, 2.75) is 42.6 Å². The number of aryl methyl sites for hydroxylation is 2. The van der Waals surface area contributed by atoms with Gasteiger partial charge in [-0.2, -0.15) is 0 Å². The monoisotopic (exact) mass is 527 g/mol. The second kappa shape index (κ2) is 9.60. The Labute approximate surface area is 225 Å². The van der Waals surface area contributed by atoms with Crippen LogP contribution in [-0.2, 0) is 6.54 Å². The number of likely N-dealkylation sites (tertiary alicyclic amines) is 1. The largest absolute Gasteiger partial charge is 0.297 e. The van der Waals surface area contributed by atoms with Crippen molar-refractivity contribution in [3.05, 3.63) is 99.7 Å². The maximum atomic E-state index is 13.7. The smallest absolute Gasteiger partial charge is 0.263 e. The van der Waals surface area contributed by atoms with Crippen LogP contribution >= 0.6 is 23.4 Å². The first-order valence-electron chi connectivity index (χ1n) is 12.4. The van der Waals surface area contributed by atoms with Gasteiger partial charge in [0, 0.05) is 39.8 Å². The third kappa shape index (κ3) is 4.43. The molecule has 0 spiro atoms. The summed E-state index contributed by atoms with van der Waals surface area (Å²) in [7, 11) is 0. The number of carbonyl (C=O) groups is 2. The molecule has 2 aliphatic heterocycles. The van der Waals surface area contributed by atoms with Gasteiger partial charge in [-0.15, -0.1) is 0 Å². The van der Waals surface area contributed by atoms with Crippen molar-refractivity contribution in [2.75, 3.05) is 13.1 Å². The molecular weight excluding hydrogens is 502 g/mol. The minimum absolute atomic E-state index is 0.150. The average molecular weight is 528 g/mol. The summed E-state index contributed by atoms with van der Waals surface area (Å²) in [6.07, 6.45) is 0.765. The molecule has 0 radical (unpaired) electrons. The average Bonchev–Trinajstić information content (AvgIpc) is 3.44. The summed E-state index contributed by atoms with van der Waals surface area (Å²) in [5.41, 5.74) is 4.63. The van der Waals surface area contributed by atoms with E-state index >= 15 is 0 Å². The third-order valence-electron chi connectivity index (χ3n) is 7.21. The number of fused-ring (bicyclic) bond motifs is 3. The van der Waals surface area contributed by atoms with Crippen LogP contribution in [0.3, 0.4) is 0 Å². The van der Waals surface area contributed by atoms with E-state index in [2.05, 4.69) is 34.1 Å². The highest BCUT2D eigenvalue weighted by Crippen LogP contribution is 2.36. The van der Waals surface area contributed by atoms with Gasteiger partial charge in [-0.25, -0.2) is 0 Å². The van der Waals surface area contributed by atoms with Gasteiger partial charge in [0.2, 0.25) is 0 Å². The van der Waals surface area contributed by atoms with Crippen molar-refractivity contribution in [3.8, 4) is 0 Å². The Morgan fingerprint density at radius 1 is 0.973 bits per heavy atom. The van der Waals surface area contributed by atoms with Gasteiger partial charge in [0.05, 0.1) is 28.4 Å². The number of benzene rings is 3. The molecule has 3 aromatic carbocycles. The number of pyridine rings is 1. The predicted molar refractivity (Wildman–Crippen MR) is 147 cm³/mol. The summed E-state index contributed by atoms with van der Waals surface area (Å²) in [5, 5.41) is 1.49. The number of aromatic nitrogens is 1. The maximum Gasteiger partial charge on any atom is 0.263 e. The van der Waals surface area contributed by atoms with E-state index in [1.807, 2.05) is 56.3 Å². The number of hydrogen-bond donors (Lipinski definition) is 0. The number of carbonyl (C=O) groups excluding carboxylic acids is 2. The zero-order valence-corrected chi connectivity index (χ0v) is 22.3. The molecule has 1 fully saturated rings. The van der Waals surface area contributed by atoms with Gasteiger partial charge in [0.15, 0.2) is 0 Å². The summed E-state index contributed by atoms with van der Waals surface area (Å²) >= 11 is 7.77. The van der Waals surface area contributed by atoms with E-state index in [0.717, 1.165) is 45.9 Å². The highest BCUT2D eigenvalue weighted by Gasteiger charge is 2.44. The number of rotatable bonds is 5. The topological polar surface area (TPSA) is 53.5 Å². The van der Waals surface area contributed by atoms with E-state index in [4.69, 9.17) is 11.6 Å². The molecule has 7 heteroatoms. The van der Waals surface area contributed by atoms with Crippen LogP contribution in [0.1, 0.15) is 44.0 Å². The molecule has 4 aromatic rings. The molecule has 2 aliphatic rings. The minimum atomic E-state index is -0.209. The third-order valence-corrected chi connectivity index (χ3v) is 8.59. The SMILES string of the molecule is Cc1ccc2nc(C)c3c(c2c1)C(=O)N(C1CCN(Cc2ccccc2Sc2ccc(Cl)cc2)C1)C3=O. The van der Waals surface area contributed by atoms with Gasteiger partial charge in [0.1, 0.15) is 0 Å². The normalized spacial score (nSPS) is 17.7. The maximum absolute atomic E-state index is 13.7. The van der Waals surface area contributed by atoms with E-state index in [9.17, 15) is 9.59 Å². The number of hydrogen-bond acceptors (Lipinski definition) is 5. The first-order chi connectivity index (χ1) is 17.9. The Bertz CT molecular complexity index is 1550. The van der Waals surface area contributed by atoms with Crippen LogP contribution in [-0.4, -0.2) is 45.7 Å². The molecule has 0 bridgehead atoms. The van der Waals surface area contributed by atoms with Gasteiger partial charge in [0.25, 0.3) is 11.8 Å². The molecule has 1 unspecified atom stereocenters. The molecule has 0 aliphatic carbocycles. The number of imide groups is 1. The zero-order valence-electron chi connectivity index (χ0n) is 20.7. The lowest BCUT2D eigenvalue weighted by Gasteiger charge is -2.23. The number of nitrogens with zero attached hydrogens (tertiary/aromatic N) is 3. The summed E-state index contributed by atoms with van der Waals surface area (Å²) in [5.74, 6) is -0.398. The van der Waals surface area contributed by atoms with Crippen LogP contribution in [0.4, 0.5) is 0 Å². The van der Waals surface area contributed by atoms with Crippen molar-refractivity contribution in [1.29, 1.82) is 0 Å². The Morgan fingerprint density at radius 2 is 1.73 bits per heavy atom. The lowest BCUT2D eigenvalue weighted by Crippen LogP contribution is -2.41. The Balaban J connectivity index is 1.22. The van der Waals surface area contributed by atoms with Gasteiger partial charge >= 0.3 is 0 Å². The molecule has 0 saturated carbocycles. The lowest BCUT2D eigenvalue weighted by molar-refractivity contribution is 0.0588. The molecule has 3 heterocycles. The second-order valence-electron chi connectivity index (χ2n) is 9.79. The molecule has 2 amide bonds. The van der Waals surface area contributed by atoms with Crippen LogP contribution in [0.2, 0.25) is 5.02 Å². The second-order valence-corrected chi connectivity index (χ2v) is 11.3. The van der Waals surface area contributed by atoms with Gasteiger partial charge in [-0.05, 0) is 68.3 Å². The zero-order chi connectivity index (χ0) is 25.7. The Morgan fingerprint density at radius 3 is 2.54 bits per heavy atom. The van der Waals surface area contributed by atoms with Crippen molar-refractivity contribution in [1.82, 2.24) is 14.8 Å². The van der Waals surface area contributed by atoms with E-state index < -0.39 is 0 Å².